The van der Waals surface area contributed by atoms with Crippen molar-refractivity contribution >= 4 is 39.3 Å². The first-order chi connectivity index (χ1) is 11.9. The Hall–Kier alpha value is -2.12. The summed E-state index contributed by atoms with van der Waals surface area (Å²) in [6.07, 6.45) is 1.78. The number of hydrogen-bond donors (Lipinski definition) is 1. The Kier molecular flexibility index (Phi) is 5.24. The van der Waals surface area contributed by atoms with Crippen LogP contribution in [0.4, 0.5) is 5.82 Å². The number of nitrogens with zero attached hydrogens (tertiary/aromatic N) is 4. The van der Waals surface area contributed by atoms with Crippen LogP contribution in [-0.4, -0.2) is 25.5 Å². The van der Waals surface area contributed by atoms with Gasteiger partial charge in [0.2, 0.25) is 5.91 Å². The molecule has 1 amide bonds. The molecule has 1 aromatic carbocycles. The van der Waals surface area contributed by atoms with E-state index in [0.29, 0.717) is 17.4 Å². The van der Waals surface area contributed by atoms with Gasteiger partial charge in [0, 0.05) is 23.0 Å². The van der Waals surface area contributed by atoms with E-state index in [0.717, 1.165) is 21.4 Å². The topological polar surface area (TPSA) is 64.7 Å². The van der Waals surface area contributed by atoms with Gasteiger partial charge in [0.25, 0.3) is 0 Å². The molecule has 25 heavy (non-hydrogen) atoms. The molecule has 0 fully saturated rings. The number of aryl methyl sites for hydroxylation is 2. The highest BCUT2D eigenvalue weighted by Crippen LogP contribution is 2.15. The molecule has 0 saturated heterocycles. The average Bonchev–Trinajstić information content (AvgIpc) is 3.03. The Bertz CT molecular complexity index is 881. The number of aromatic nitrogens is 4. The first-order valence-corrected chi connectivity index (χ1v) is 8.86. The van der Waals surface area contributed by atoms with E-state index in [9.17, 15) is 4.79 Å². The van der Waals surface area contributed by atoms with Gasteiger partial charge in [-0.25, -0.2) is 0 Å². The SMILES string of the molecule is Cc1nn(CC(=O)Nc2cc(C)n(Cc3ccc(Cl)cc3)n2)cc1Br. The fourth-order valence-electron chi connectivity index (χ4n) is 2.40. The van der Waals surface area contributed by atoms with Crippen molar-refractivity contribution in [1.82, 2.24) is 19.6 Å². The van der Waals surface area contributed by atoms with Gasteiger partial charge in [-0.1, -0.05) is 23.7 Å². The van der Waals surface area contributed by atoms with E-state index in [1.54, 1.807) is 10.9 Å². The highest BCUT2D eigenvalue weighted by Gasteiger charge is 2.10. The molecule has 0 radical (unpaired) electrons. The second-order valence-corrected chi connectivity index (χ2v) is 7.05. The van der Waals surface area contributed by atoms with Crippen LogP contribution in [0.25, 0.3) is 0 Å². The maximum absolute atomic E-state index is 12.2. The lowest BCUT2D eigenvalue weighted by atomic mass is 10.2. The summed E-state index contributed by atoms with van der Waals surface area (Å²) in [6.45, 7) is 4.58. The van der Waals surface area contributed by atoms with Crippen molar-refractivity contribution in [2.45, 2.75) is 26.9 Å². The predicted octanol–water partition coefficient (Wildman–Crippen LogP) is 3.80. The zero-order chi connectivity index (χ0) is 18.0. The van der Waals surface area contributed by atoms with Gasteiger partial charge in [0.1, 0.15) is 6.54 Å². The smallest absolute Gasteiger partial charge is 0.247 e. The number of benzene rings is 1. The Morgan fingerprint density at radius 1 is 1.24 bits per heavy atom. The normalized spacial score (nSPS) is 10.9. The molecular formula is C17H17BrClN5O. The van der Waals surface area contributed by atoms with Crippen LogP contribution in [0.2, 0.25) is 5.02 Å². The third-order valence-electron chi connectivity index (χ3n) is 3.69. The molecule has 1 N–H and O–H groups in total. The molecule has 8 heteroatoms. The Labute approximate surface area is 158 Å². The van der Waals surface area contributed by atoms with E-state index < -0.39 is 0 Å². The third kappa shape index (κ3) is 4.49. The van der Waals surface area contributed by atoms with Gasteiger partial charge in [-0.15, -0.1) is 0 Å². The van der Waals surface area contributed by atoms with Crippen LogP contribution < -0.4 is 5.32 Å². The van der Waals surface area contributed by atoms with Crippen molar-refractivity contribution in [1.29, 1.82) is 0 Å². The summed E-state index contributed by atoms with van der Waals surface area (Å²) in [5.74, 6) is 0.352. The fourth-order valence-corrected chi connectivity index (χ4v) is 2.84. The van der Waals surface area contributed by atoms with Crippen LogP contribution in [0.15, 0.2) is 41.0 Å². The second-order valence-electron chi connectivity index (χ2n) is 5.76. The average molecular weight is 423 g/mol. The van der Waals surface area contributed by atoms with E-state index in [1.807, 2.05) is 48.9 Å². The van der Waals surface area contributed by atoms with Gasteiger partial charge >= 0.3 is 0 Å². The molecule has 0 unspecified atom stereocenters. The fraction of sp³-hybridized carbons (Fsp3) is 0.235. The predicted molar refractivity (Wildman–Crippen MR) is 101 cm³/mol. The lowest BCUT2D eigenvalue weighted by Crippen LogP contribution is -2.19. The molecule has 130 valence electrons. The van der Waals surface area contributed by atoms with E-state index in [-0.39, 0.29) is 12.5 Å². The molecule has 0 spiro atoms. The molecule has 0 aliphatic heterocycles. The lowest BCUT2D eigenvalue weighted by Gasteiger charge is -2.05. The molecule has 3 aromatic rings. The number of hydrogen-bond acceptors (Lipinski definition) is 3. The van der Waals surface area contributed by atoms with Crippen LogP contribution in [0.3, 0.4) is 0 Å². The molecule has 0 aliphatic carbocycles. The van der Waals surface area contributed by atoms with Crippen molar-refractivity contribution in [3.05, 3.63) is 63.0 Å². The van der Waals surface area contributed by atoms with Crippen molar-refractivity contribution in [2.75, 3.05) is 5.32 Å². The molecular weight excluding hydrogens is 406 g/mol. The van der Waals surface area contributed by atoms with E-state index >= 15 is 0 Å². The van der Waals surface area contributed by atoms with E-state index in [1.165, 1.54) is 0 Å². The number of nitrogens with one attached hydrogen (secondary N) is 1. The molecule has 0 saturated carbocycles. The summed E-state index contributed by atoms with van der Waals surface area (Å²) in [5, 5.41) is 12.2. The zero-order valence-corrected chi connectivity index (χ0v) is 16.2. The second kappa shape index (κ2) is 7.41. The summed E-state index contributed by atoms with van der Waals surface area (Å²) in [5.41, 5.74) is 2.89. The minimum absolute atomic E-state index is 0.134. The summed E-state index contributed by atoms with van der Waals surface area (Å²) in [7, 11) is 0. The van der Waals surface area contributed by atoms with Gasteiger partial charge < -0.3 is 5.32 Å². The van der Waals surface area contributed by atoms with Crippen molar-refractivity contribution in [3.8, 4) is 0 Å². The Balaban J connectivity index is 1.65. The van der Waals surface area contributed by atoms with Gasteiger partial charge in [0.15, 0.2) is 5.82 Å². The summed E-state index contributed by atoms with van der Waals surface area (Å²) in [4.78, 5) is 12.2. The largest absolute Gasteiger partial charge is 0.308 e. The minimum Gasteiger partial charge on any atom is -0.308 e. The van der Waals surface area contributed by atoms with Crippen molar-refractivity contribution in [2.24, 2.45) is 0 Å². The van der Waals surface area contributed by atoms with Crippen LogP contribution in [0, 0.1) is 13.8 Å². The Morgan fingerprint density at radius 3 is 2.60 bits per heavy atom. The summed E-state index contributed by atoms with van der Waals surface area (Å²) < 4.78 is 4.31. The van der Waals surface area contributed by atoms with Gasteiger partial charge in [-0.05, 0) is 47.5 Å². The monoisotopic (exact) mass is 421 g/mol. The van der Waals surface area contributed by atoms with E-state index in [2.05, 4.69) is 31.4 Å². The molecule has 2 heterocycles. The summed E-state index contributed by atoms with van der Waals surface area (Å²) >= 11 is 9.29. The first kappa shape index (κ1) is 17.7. The molecule has 0 aliphatic rings. The number of rotatable bonds is 5. The lowest BCUT2D eigenvalue weighted by molar-refractivity contribution is -0.116. The van der Waals surface area contributed by atoms with E-state index in [4.69, 9.17) is 11.6 Å². The van der Waals surface area contributed by atoms with Gasteiger partial charge in [-0.2, -0.15) is 10.2 Å². The number of anilines is 1. The van der Waals surface area contributed by atoms with Crippen LogP contribution in [0.1, 0.15) is 17.0 Å². The number of carbonyl (C=O) groups is 1. The van der Waals surface area contributed by atoms with Crippen LogP contribution in [0.5, 0.6) is 0 Å². The standard InChI is InChI=1S/C17H17BrClN5O/c1-11-7-16(20-17(25)10-23-9-15(18)12(2)21-23)22-24(11)8-13-3-5-14(19)6-4-13/h3-7,9H,8,10H2,1-2H3,(H,20,22,25). The summed E-state index contributed by atoms with van der Waals surface area (Å²) in [6, 6.07) is 9.46. The maximum atomic E-state index is 12.2. The molecule has 0 bridgehead atoms. The van der Waals surface area contributed by atoms with Gasteiger partial charge in [-0.3, -0.25) is 14.2 Å². The number of amides is 1. The van der Waals surface area contributed by atoms with Crippen molar-refractivity contribution in [3.63, 3.8) is 0 Å². The van der Waals surface area contributed by atoms with Crippen LogP contribution in [-0.2, 0) is 17.9 Å². The number of carbonyl (C=O) groups excluding carboxylic acids is 1. The minimum atomic E-state index is -0.175. The molecule has 6 nitrogen and oxygen atoms in total. The Morgan fingerprint density at radius 2 is 1.96 bits per heavy atom. The molecule has 3 rings (SSSR count). The first-order valence-electron chi connectivity index (χ1n) is 7.69. The quantitative estimate of drug-likeness (QED) is 0.680. The number of halogens is 2. The molecule has 0 atom stereocenters. The van der Waals surface area contributed by atoms with Crippen molar-refractivity contribution < 1.29 is 4.79 Å². The van der Waals surface area contributed by atoms with Crippen LogP contribution >= 0.6 is 27.5 Å². The zero-order valence-electron chi connectivity index (χ0n) is 13.8. The maximum Gasteiger partial charge on any atom is 0.247 e. The molecule has 2 aromatic heterocycles. The third-order valence-corrected chi connectivity index (χ3v) is 4.72. The van der Waals surface area contributed by atoms with Gasteiger partial charge in [0.05, 0.1) is 16.7 Å². The highest BCUT2D eigenvalue weighted by molar-refractivity contribution is 9.10. The highest BCUT2D eigenvalue weighted by atomic mass is 79.9.